The van der Waals surface area contributed by atoms with Gasteiger partial charge < -0.3 is 9.72 Å². The van der Waals surface area contributed by atoms with E-state index in [9.17, 15) is 4.79 Å². The van der Waals surface area contributed by atoms with Gasteiger partial charge in [0.05, 0.1) is 23.3 Å². The maximum Gasteiger partial charge on any atom is 0.258 e. The van der Waals surface area contributed by atoms with Gasteiger partial charge in [0.1, 0.15) is 12.4 Å². The fraction of sp³-hybridized carbons (Fsp3) is 0.154. The maximum absolute atomic E-state index is 11.8. The van der Waals surface area contributed by atoms with Crippen LogP contribution in [0.15, 0.2) is 41.5 Å². The average Bonchev–Trinajstić information content (AvgIpc) is 2.82. The molecule has 3 aromatic rings. The van der Waals surface area contributed by atoms with Crippen molar-refractivity contribution >= 4 is 10.9 Å². The van der Waals surface area contributed by atoms with E-state index in [1.807, 2.05) is 19.2 Å². The smallest absolute Gasteiger partial charge is 0.258 e. The van der Waals surface area contributed by atoms with Crippen LogP contribution in [0.5, 0.6) is 5.75 Å². The van der Waals surface area contributed by atoms with Crippen molar-refractivity contribution in [1.82, 2.24) is 19.7 Å². The Morgan fingerprint density at radius 1 is 1.37 bits per heavy atom. The average molecular weight is 256 g/mol. The van der Waals surface area contributed by atoms with Crippen LogP contribution in [0.4, 0.5) is 0 Å². The molecule has 0 fully saturated rings. The van der Waals surface area contributed by atoms with Gasteiger partial charge in [-0.2, -0.15) is 5.10 Å². The number of nitrogens with zero attached hydrogens (tertiary/aromatic N) is 3. The van der Waals surface area contributed by atoms with Crippen molar-refractivity contribution < 1.29 is 4.74 Å². The number of para-hydroxylation sites is 1. The van der Waals surface area contributed by atoms with Gasteiger partial charge in [-0.1, -0.05) is 12.1 Å². The van der Waals surface area contributed by atoms with Crippen LogP contribution >= 0.6 is 0 Å². The van der Waals surface area contributed by atoms with Crippen molar-refractivity contribution in [2.24, 2.45) is 7.05 Å². The summed E-state index contributed by atoms with van der Waals surface area (Å²) in [5.41, 5.74) is 0.506. The van der Waals surface area contributed by atoms with E-state index < -0.39 is 0 Å². The lowest BCUT2D eigenvalue weighted by molar-refractivity contribution is 0.296. The van der Waals surface area contributed by atoms with Gasteiger partial charge in [0.15, 0.2) is 5.75 Å². The third kappa shape index (κ3) is 2.33. The highest BCUT2D eigenvalue weighted by atomic mass is 16.5. The predicted octanol–water partition coefficient (Wildman–Crippen LogP) is 1.24. The van der Waals surface area contributed by atoms with Crippen molar-refractivity contribution in [3.63, 3.8) is 0 Å². The molecule has 1 N–H and O–H groups in total. The van der Waals surface area contributed by atoms with E-state index in [1.54, 1.807) is 29.2 Å². The molecule has 2 heterocycles. The van der Waals surface area contributed by atoms with E-state index in [1.165, 1.54) is 0 Å². The molecular formula is C13H12N4O2. The molecule has 1 aromatic carbocycles. The van der Waals surface area contributed by atoms with Crippen LogP contribution in [0.25, 0.3) is 10.9 Å². The van der Waals surface area contributed by atoms with Crippen molar-refractivity contribution in [1.29, 1.82) is 0 Å². The summed E-state index contributed by atoms with van der Waals surface area (Å²) >= 11 is 0. The van der Waals surface area contributed by atoms with Crippen LogP contribution in [-0.4, -0.2) is 19.7 Å². The number of ether oxygens (including phenoxy) is 1. The van der Waals surface area contributed by atoms with E-state index in [0.29, 0.717) is 22.5 Å². The van der Waals surface area contributed by atoms with E-state index in [2.05, 4.69) is 15.1 Å². The summed E-state index contributed by atoms with van der Waals surface area (Å²) in [5, 5.41) is 4.57. The van der Waals surface area contributed by atoms with Gasteiger partial charge in [0.2, 0.25) is 0 Å². The molecule has 3 rings (SSSR count). The van der Waals surface area contributed by atoms with Crippen LogP contribution in [-0.2, 0) is 13.7 Å². The fourth-order valence-corrected chi connectivity index (χ4v) is 1.83. The summed E-state index contributed by atoms with van der Waals surface area (Å²) in [6, 6.07) is 7.21. The molecule has 0 saturated heterocycles. The number of aromatic amines is 1. The van der Waals surface area contributed by atoms with Gasteiger partial charge in [-0.05, 0) is 12.1 Å². The Balaban J connectivity index is 1.87. The molecule has 6 nitrogen and oxygen atoms in total. The number of aryl methyl sites for hydroxylation is 1. The molecule has 0 aliphatic carbocycles. The van der Waals surface area contributed by atoms with E-state index >= 15 is 0 Å². The van der Waals surface area contributed by atoms with Crippen LogP contribution in [0.2, 0.25) is 0 Å². The van der Waals surface area contributed by atoms with Crippen molar-refractivity contribution in [2.75, 3.05) is 0 Å². The molecule has 2 aromatic heterocycles. The lowest BCUT2D eigenvalue weighted by Crippen LogP contribution is -2.13. The van der Waals surface area contributed by atoms with Crippen LogP contribution in [0, 0.1) is 0 Å². The first kappa shape index (κ1) is 11.5. The molecule has 0 saturated carbocycles. The summed E-state index contributed by atoms with van der Waals surface area (Å²) in [4.78, 5) is 18.9. The minimum atomic E-state index is -0.157. The zero-order valence-corrected chi connectivity index (χ0v) is 10.3. The predicted molar refractivity (Wildman–Crippen MR) is 69.9 cm³/mol. The largest absolute Gasteiger partial charge is 0.482 e. The zero-order valence-electron chi connectivity index (χ0n) is 10.3. The van der Waals surface area contributed by atoms with Gasteiger partial charge in [0.25, 0.3) is 5.56 Å². The topological polar surface area (TPSA) is 72.8 Å². The first-order valence-corrected chi connectivity index (χ1v) is 5.82. The molecule has 0 radical (unpaired) electrons. The van der Waals surface area contributed by atoms with Crippen molar-refractivity contribution in [2.45, 2.75) is 6.61 Å². The number of hydrogen-bond acceptors (Lipinski definition) is 4. The molecule has 0 atom stereocenters. The second-order valence-corrected chi connectivity index (χ2v) is 4.17. The molecule has 0 amide bonds. The molecule has 6 heteroatoms. The molecular weight excluding hydrogens is 244 g/mol. The normalized spacial score (nSPS) is 10.8. The molecule has 96 valence electrons. The van der Waals surface area contributed by atoms with Gasteiger partial charge in [0, 0.05) is 7.05 Å². The number of H-pyrrole nitrogens is 1. The van der Waals surface area contributed by atoms with Crippen LogP contribution in [0.1, 0.15) is 5.82 Å². The summed E-state index contributed by atoms with van der Waals surface area (Å²) < 4.78 is 7.15. The number of hydrogen-bond donors (Lipinski definition) is 1. The SMILES string of the molecule is Cn1cc(OCc2nc3ccccc3c(=O)[nH]2)cn1. The fourth-order valence-electron chi connectivity index (χ4n) is 1.83. The van der Waals surface area contributed by atoms with E-state index in [0.717, 1.165) is 0 Å². The lowest BCUT2D eigenvalue weighted by Gasteiger charge is -2.04. The highest BCUT2D eigenvalue weighted by molar-refractivity contribution is 5.77. The Morgan fingerprint density at radius 3 is 3.00 bits per heavy atom. The van der Waals surface area contributed by atoms with Gasteiger partial charge in [-0.15, -0.1) is 0 Å². The van der Waals surface area contributed by atoms with Gasteiger partial charge >= 0.3 is 0 Å². The van der Waals surface area contributed by atoms with Crippen molar-refractivity contribution in [3.05, 3.63) is 52.8 Å². The second-order valence-electron chi connectivity index (χ2n) is 4.17. The summed E-state index contributed by atoms with van der Waals surface area (Å²) in [7, 11) is 1.81. The molecule has 19 heavy (non-hydrogen) atoms. The monoisotopic (exact) mass is 256 g/mol. The van der Waals surface area contributed by atoms with Crippen LogP contribution in [0.3, 0.4) is 0 Å². The molecule has 0 unspecified atom stereocenters. The Morgan fingerprint density at radius 2 is 2.21 bits per heavy atom. The van der Waals surface area contributed by atoms with E-state index in [-0.39, 0.29) is 12.2 Å². The third-order valence-electron chi connectivity index (χ3n) is 2.72. The summed E-state index contributed by atoms with van der Waals surface area (Å²) in [6.45, 7) is 0.200. The van der Waals surface area contributed by atoms with Crippen LogP contribution < -0.4 is 10.3 Å². The Bertz CT molecular complexity index is 775. The molecule has 0 spiro atoms. The van der Waals surface area contributed by atoms with Gasteiger partial charge in [-0.3, -0.25) is 9.48 Å². The first-order chi connectivity index (χ1) is 9.22. The maximum atomic E-state index is 11.8. The molecule has 0 aliphatic heterocycles. The summed E-state index contributed by atoms with van der Waals surface area (Å²) in [5.74, 6) is 1.13. The van der Waals surface area contributed by atoms with Crippen molar-refractivity contribution in [3.8, 4) is 5.75 Å². The standard InChI is InChI=1S/C13H12N4O2/c1-17-7-9(6-14-17)19-8-12-15-11-5-3-2-4-10(11)13(18)16-12/h2-7H,8H2,1H3,(H,15,16,18). The number of fused-ring (bicyclic) bond motifs is 1. The minimum absolute atomic E-state index is 0.157. The minimum Gasteiger partial charge on any atom is -0.482 e. The first-order valence-electron chi connectivity index (χ1n) is 5.82. The van der Waals surface area contributed by atoms with Gasteiger partial charge in [-0.25, -0.2) is 4.98 Å². The number of aromatic nitrogens is 4. The third-order valence-corrected chi connectivity index (χ3v) is 2.72. The number of benzene rings is 1. The molecule has 0 aliphatic rings. The zero-order chi connectivity index (χ0) is 13.2. The summed E-state index contributed by atoms with van der Waals surface area (Å²) in [6.07, 6.45) is 3.36. The second kappa shape index (κ2) is 4.56. The number of rotatable bonds is 3. The highest BCUT2D eigenvalue weighted by Gasteiger charge is 2.04. The lowest BCUT2D eigenvalue weighted by atomic mass is 10.2. The quantitative estimate of drug-likeness (QED) is 0.765. The Hall–Kier alpha value is -2.63. The Kier molecular flexibility index (Phi) is 2.75. The Labute approximate surface area is 108 Å². The highest BCUT2D eigenvalue weighted by Crippen LogP contribution is 2.10. The van der Waals surface area contributed by atoms with E-state index in [4.69, 9.17) is 4.74 Å². The molecule has 0 bridgehead atoms. The number of nitrogens with one attached hydrogen (secondary N) is 1.